The first-order chi connectivity index (χ1) is 3.91. The summed E-state index contributed by atoms with van der Waals surface area (Å²) in [6.07, 6.45) is 3.78. The van der Waals surface area contributed by atoms with Gasteiger partial charge in [0.25, 0.3) is 0 Å². The maximum atomic E-state index is 5.35. The summed E-state index contributed by atoms with van der Waals surface area (Å²) in [6, 6.07) is 0. The lowest BCUT2D eigenvalue weighted by Gasteiger charge is -1.81. The molecule has 0 spiro atoms. The van der Waals surface area contributed by atoms with Crippen LogP contribution in [0.25, 0.3) is 0 Å². The molecular weight excluding hydrogens is 140 g/mol. The van der Waals surface area contributed by atoms with Crippen molar-refractivity contribution in [1.29, 1.82) is 0 Å². The normalized spacial score (nSPS) is 10.1. The van der Waals surface area contributed by atoms with E-state index in [1.807, 2.05) is 17.6 Å². The van der Waals surface area contributed by atoms with Crippen LogP contribution in [0.5, 0.6) is 0 Å². The molecular formula is C6H9ClS. The monoisotopic (exact) mass is 148 g/mol. The summed E-state index contributed by atoms with van der Waals surface area (Å²) in [7, 11) is 0. The lowest BCUT2D eigenvalue weighted by atomic mass is 10.8. The van der Waals surface area contributed by atoms with Gasteiger partial charge in [-0.3, -0.25) is 0 Å². The van der Waals surface area contributed by atoms with Gasteiger partial charge in [-0.15, -0.1) is 29.9 Å². The second kappa shape index (κ2) is 7.12. The Morgan fingerprint density at radius 3 is 2.88 bits per heavy atom. The summed E-state index contributed by atoms with van der Waals surface area (Å²) in [5, 5.41) is 1.98. The van der Waals surface area contributed by atoms with Gasteiger partial charge in [0.05, 0.1) is 0 Å². The van der Waals surface area contributed by atoms with Gasteiger partial charge in [0.1, 0.15) is 0 Å². The van der Waals surface area contributed by atoms with Crippen LogP contribution in [0, 0.1) is 0 Å². The minimum atomic E-state index is 0.601. The van der Waals surface area contributed by atoms with Crippen LogP contribution in [0.4, 0.5) is 0 Å². The Morgan fingerprint density at radius 1 is 1.62 bits per heavy atom. The van der Waals surface area contributed by atoms with Crippen LogP contribution in [-0.4, -0.2) is 11.6 Å². The van der Waals surface area contributed by atoms with Crippen molar-refractivity contribution in [3.05, 3.63) is 24.1 Å². The van der Waals surface area contributed by atoms with Crippen LogP contribution >= 0.6 is 23.4 Å². The number of alkyl halides is 1. The van der Waals surface area contributed by atoms with E-state index in [-0.39, 0.29) is 0 Å². The van der Waals surface area contributed by atoms with Gasteiger partial charge < -0.3 is 0 Å². The van der Waals surface area contributed by atoms with Gasteiger partial charge in [-0.2, -0.15) is 0 Å². The third-order valence-corrected chi connectivity index (χ3v) is 1.49. The Bertz CT molecular complexity index is 78.6. The molecule has 0 unspecified atom stereocenters. The first-order valence-corrected chi connectivity index (χ1v) is 3.93. The van der Waals surface area contributed by atoms with Crippen molar-refractivity contribution in [2.24, 2.45) is 0 Å². The van der Waals surface area contributed by atoms with Gasteiger partial charge in [0.15, 0.2) is 0 Å². The molecule has 8 heavy (non-hydrogen) atoms. The van der Waals surface area contributed by atoms with E-state index in [0.29, 0.717) is 5.88 Å². The fraction of sp³-hybridized carbons (Fsp3) is 0.333. The van der Waals surface area contributed by atoms with E-state index in [4.69, 9.17) is 11.6 Å². The van der Waals surface area contributed by atoms with Crippen LogP contribution in [-0.2, 0) is 0 Å². The summed E-state index contributed by atoms with van der Waals surface area (Å²) in [4.78, 5) is 0. The Labute approximate surface area is 59.6 Å². The average Bonchev–Trinajstić information content (AvgIpc) is 1.81. The van der Waals surface area contributed by atoms with Crippen molar-refractivity contribution in [1.82, 2.24) is 0 Å². The van der Waals surface area contributed by atoms with Crippen LogP contribution in [0.1, 0.15) is 0 Å². The zero-order valence-electron chi connectivity index (χ0n) is 4.64. The van der Waals surface area contributed by atoms with Gasteiger partial charge in [-0.25, -0.2) is 0 Å². The van der Waals surface area contributed by atoms with Gasteiger partial charge in [-0.05, 0) is 5.41 Å². The number of hydrogen-bond donors (Lipinski definition) is 0. The maximum absolute atomic E-state index is 5.35. The van der Waals surface area contributed by atoms with Crippen LogP contribution in [0.2, 0.25) is 0 Å². The van der Waals surface area contributed by atoms with Crippen LogP contribution < -0.4 is 0 Å². The van der Waals surface area contributed by atoms with Crippen molar-refractivity contribution < 1.29 is 0 Å². The van der Waals surface area contributed by atoms with Gasteiger partial charge in [0, 0.05) is 11.6 Å². The molecule has 0 fully saturated rings. The molecule has 0 aliphatic carbocycles. The molecule has 0 aliphatic heterocycles. The lowest BCUT2D eigenvalue weighted by Crippen LogP contribution is -1.61. The molecule has 0 amide bonds. The van der Waals surface area contributed by atoms with E-state index in [2.05, 4.69) is 6.58 Å². The minimum Gasteiger partial charge on any atom is -0.130 e. The van der Waals surface area contributed by atoms with E-state index in [9.17, 15) is 0 Å². The van der Waals surface area contributed by atoms with Gasteiger partial charge in [0.2, 0.25) is 0 Å². The molecule has 0 radical (unpaired) electrons. The molecule has 0 bridgehead atoms. The standard InChI is InChI=1S/C6H9ClS/c1-2-5-8-6-3-4-7/h2-3,6H,1,4-5H2/b6-3+. The molecule has 46 valence electrons. The molecule has 0 saturated heterocycles. The lowest BCUT2D eigenvalue weighted by molar-refractivity contribution is 1.77. The first-order valence-electron chi connectivity index (χ1n) is 2.35. The molecule has 0 aromatic rings. The van der Waals surface area contributed by atoms with Gasteiger partial charge in [-0.1, -0.05) is 12.2 Å². The number of halogens is 1. The molecule has 0 N–H and O–H groups in total. The van der Waals surface area contributed by atoms with Crippen molar-refractivity contribution >= 4 is 23.4 Å². The molecule has 2 heteroatoms. The Kier molecular flexibility index (Phi) is 7.23. The molecule has 0 aromatic carbocycles. The number of rotatable bonds is 4. The number of hydrogen-bond acceptors (Lipinski definition) is 1. The van der Waals surface area contributed by atoms with Crippen LogP contribution in [0.15, 0.2) is 24.1 Å². The molecule has 0 aliphatic rings. The first kappa shape index (κ1) is 8.12. The summed E-state index contributed by atoms with van der Waals surface area (Å²) < 4.78 is 0. The van der Waals surface area contributed by atoms with Crippen molar-refractivity contribution in [3.8, 4) is 0 Å². The highest BCUT2D eigenvalue weighted by atomic mass is 35.5. The smallest absolute Gasteiger partial charge is 0.0412 e. The third kappa shape index (κ3) is 6.12. The molecule has 0 saturated carbocycles. The summed E-state index contributed by atoms with van der Waals surface area (Å²) in [5.74, 6) is 1.57. The highest BCUT2D eigenvalue weighted by molar-refractivity contribution is 8.02. The Hall–Kier alpha value is 0.120. The van der Waals surface area contributed by atoms with E-state index in [1.54, 1.807) is 11.8 Å². The maximum Gasteiger partial charge on any atom is 0.0412 e. The Balaban J connectivity index is 2.90. The topological polar surface area (TPSA) is 0 Å². The predicted octanol–water partition coefficient (Wildman–Crippen LogP) is 2.66. The fourth-order valence-corrected chi connectivity index (χ4v) is 0.902. The molecule has 0 nitrogen and oxygen atoms in total. The van der Waals surface area contributed by atoms with Crippen molar-refractivity contribution in [3.63, 3.8) is 0 Å². The average molecular weight is 149 g/mol. The summed E-state index contributed by atoms with van der Waals surface area (Å²) in [5.41, 5.74) is 0. The highest BCUT2D eigenvalue weighted by Gasteiger charge is 1.71. The van der Waals surface area contributed by atoms with Gasteiger partial charge >= 0.3 is 0 Å². The molecule has 0 atom stereocenters. The second-order valence-electron chi connectivity index (χ2n) is 1.15. The largest absolute Gasteiger partial charge is 0.130 e. The second-order valence-corrected chi connectivity index (χ2v) is 2.40. The zero-order valence-corrected chi connectivity index (χ0v) is 6.21. The third-order valence-electron chi connectivity index (χ3n) is 0.496. The zero-order chi connectivity index (χ0) is 6.24. The highest BCUT2D eigenvalue weighted by Crippen LogP contribution is 2.00. The Morgan fingerprint density at radius 2 is 2.38 bits per heavy atom. The van der Waals surface area contributed by atoms with E-state index in [1.165, 1.54) is 0 Å². The molecule has 0 heterocycles. The molecule has 0 rings (SSSR count). The quantitative estimate of drug-likeness (QED) is 0.336. The van der Waals surface area contributed by atoms with Crippen LogP contribution in [0.3, 0.4) is 0 Å². The number of allylic oxidation sites excluding steroid dienone is 1. The minimum absolute atomic E-state index is 0.601. The van der Waals surface area contributed by atoms with E-state index in [0.717, 1.165) is 5.75 Å². The molecule has 0 aromatic heterocycles. The fourth-order valence-electron chi connectivity index (χ4n) is 0.228. The van der Waals surface area contributed by atoms with Crippen molar-refractivity contribution in [2.75, 3.05) is 11.6 Å². The van der Waals surface area contributed by atoms with Crippen molar-refractivity contribution in [2.45, 2.75) is 0 Å². The van der Waals surface area contributed by atoms with E-state index < -0.39 is 0 Å². The SMILES string of the molecule is C=CCS/C=C/CCl. The predicted molar refractivity (Wildman–Crippen MR) is 42.5 cm³/mol. The van der Waals surface area contributed by atoms with E-state index >= 15 is 0 Å². The summed E-state index contributed by atoms with van der Waals surface area (Å²) in [6.45, 7) is 3.57. The number of thioether (sulfide) groups is 1. The summed E-state index contributed by atoms with van der Waals surface area (Å²) >= 11 is 7.05.